The van der Waals surface area contributed by atoms with Crippen LogP contribution in [-0.4, -0.2) is 22.5 Å². The molecule has 0 saturated carbocycles. The number of aryl methyl sites for hydroxylation is 1. The predicted octanol–water partition coefficient (Wildman–Crippen LogP) is 2.46. The van der Waals surface area contributed by atoms with Gasteiger partial charge in [0.05, 0.1) is 10.7 Å². The molecule has 2 N–H and O–H groups in total. The van der Waals surface area contributed by atoms with Crippen molar-refractivity contribution < 1.29 is 0 Å². The van der Waals surface area contributed by atoms with Crippen molar-refractivity contribution in [2.24, 2.45) is 5.73 Å². The molecule has 0 spiro atoms. The van der Waals surface area contributed by atoms with Crippen LogP contribution in [0.25, 0.3) is 0 Å². The molecule has 0 aliphatic carbocycles. The molecule has 0 amide bonds. The molecule has 1 unspecified atom stereocenters. The van der Waals surface area contributed by atoms with Crippen LogP contribution in [0.15, 0.2) is 5.38 Å². The van der Waals surface area contributed by atoms with Crippen molar-refractivity contribution in [3.8, 4) is 0 Å². The first-order chi connectivity index (χ1) is 6.72. The van der Waals surface area contributed by atoms with E-state index in [2.05, 4.69) is 17.3 Å². The fourth-order valence-corrected chi connectivity index (χ4v) is 2.71. The van der Waals surface area contributed by atoms with Crippen LogP contribution in [0.5, 0.6) is 0 Å². The monoisotopic (exact) mass is 230 g/mol. The van der Waals surface area contributed by atoms with Crippen molar-refractivity contribution in [2.45, 2.75) is 32.7 Å². The molecule has 4 heteroatoms. The maximum absolute atomic E-state index is 6.00. The Hall–Kier alpha value is -0.0600. The molecule has 1 heterocycles. The highest BCUT2D eigenvalue weighted by molar-refractivity contribution is 7.99. The van der Waals surface area contributed by atoms with Crippen LogP contribution >= 0.6 is 23.1 Å². The summed E-state index contributed by atoms with van der Waals surface area (Å²) in [7, 11) is 0. The van der Waals surface area contributed by atoms with E-state index in [0.29, 0.717) is 0 Å². The lowest BCUT2D eigenvalue weighted by molar-refractivity contribution is 0.734. The Bertz CT molecular complexity index is 260. The second-order valence-electron chi connectivity index (χ2n) is 3.40. The Kier molecular flexibility index (Phi) is 5.52. The van der Waals surface area contributed by atoms with Crippen LogP contribution in [0, 0.1) is 6.92 Å². The van der Waals surface area contributed by atoms with Gasteiger partial charge in [0.25, 0.3) is 0 Å². The van der Waals surface area contributed by atoms with Gasteiger partial charge in [0, 0.05) is 23.6 Å². The minimum Gasteiger partial charge on any atom is -0.327 e. The highest BCUT2D eigenvalue weighted by atomic mass is 32.2. The molecular formula is C10H18N2S2. The summed E-state index contributed by atoms with van der Waals surface area (Å²) < 4.78 is 0. The molecule has 1 aromatic heterocycles. The quantitative estimate of drug-likeness (QED) is 0.763. The smallest absolute Gasteiger partial charge is 0.0897 e. The SMILES string of the molecule is CCCSCC(N)Cc1csc(C)n1. The molecule has 0 saturated heterocycles. The van der Waals surface area contributed by atoms with Crippen molar-refractivity contribution in [3.05, 3.63) is 16.1 Å². The van der Waals surface area contributed by atoms with E-state index in [1.165, 1.54) is 12.2 Å². The van der Waals surface area contributed by atoms with Gasteiger partial charge in [-0.25, -0.2) is 4.98 Å². The van der Waals surface area contributed by atoms with Crippen LogP contribution in [0.3, 0.4) is 0 Å². The zero-order valence-corrected chi connectivity index (χ0v) is 10.5. The van der Waals surface area contributed by atoms with E-state index in [1.807, 2.05) is 18.7 Å². The summed E-state index contributed by atoms with van der Waals surface area (Å²) in [5, 5.41) is 3.24. The molecular weight excluding hydrogens is 212 g/mol. The molecule has 14 heavy (non-hydrogen) atoms. The molecule has 2 nitrogen and oxygen atoms in total. The molecule has 1 atom stereocenters. The topological polar surface area (TPSA) is 38.9 Å². The van der Waals surface area contributed by atoms with Gasteiger partial charge in [0.15, 0.2) is 0 Å². The summed E-state index contributed by atoms with van der Waals surface area (Å²) in [5.41, 5.74) is 7.15. The van der Waals surface area contributed by atoms with Gasteiger partial charge in [0.1, 0.15) is 0 Å². The number of rotatable bonds is 6. The number of hydrogen-bond donors (Lipinski definition) is 1. The van der Waals surface area contributed by atoms with Crippen molar-refractivity contribution in [2.75, 3.05) is 11.5 Å². The average Bonchev–Trinajstić information content (AvgIpc) is 2.52. The Balaban J connectivity index is 2.23. The molecule has 0 bridgehead atoms. The maximum atomic E-state index is 6.00. The van der Waals surface area contributed by atoms with Crippen LogP contribution in [0.2, 0.25) is 0 Å². The van der Waals surface area contributed by atoms with E-state index < -0.39 is 0 Å². The van der Waals surface area contributed by atoms with Crippen molar-refractivity contribution in [1.82, 2.24) is 4.98 Å². The summed E-state index contributed by atoms with van der Waals surface area (Å²) in [4.78, 5) is 4.41. The standard InChI is InChI=1S/C10H18N2S2/c1-3-4-13-6-9(11)5-10-7-14-8(2)12-10/h7,9H,3-6,11H2,1-2H3. The lowest BCUT2D eigenvalue weighted by Gasteiger charge is -2.08. The third-order valence-electron chi connectivity index (χ3n) is 1.82. The zero-order valence-electron chi connectivity index (χ0n) is 8.82. The second-order valence-corrected chi connectivity index (χ2v) is 5.61. The largest absolute Gasteiger partial charge is 0.327 e. The van der Waals surface area contributed by atoms with Crippen LogP contribution in [0.1, 0.15) is 24.0 Å². The summed E-state index contributed by atoms with van der Waals surface area (Å²) in [6.45, 7) is 4.23. The van der Waals surface area contributed by atoms with Crippen molar-refractivity contribution in [3.63, 3.8) is 0 Å². The highest BCUT2D eigenvalue weighted by Crippen LogP contribution is 2.11. The molecule has 1 aromatic rings. The van der Waals surface area contributed by atoms with Gasteiger partial charge in [-0.2, -0.15) is 11.8 Å². The number of thioether (sulfide) groups is 1. The molecule has 1 rings (SSSR count). The van der Waals surface area contributed by atoms with E-state index in [0.717, 1.165) is 22.9 Å². The fourth-order valence-electron chi connectivity index (χ4n) is 1.21. The van der Waals surface area contributed by atoms with Gasteiger partial charge >= 0.3 is 0 Å². The minimum absolute atomic E-state index is 0.257. The van der Waals surface area contributed by atoms with E-state index in [-0.39, 0.29) is 6.04 Å². The Morgan fingerprint density at radius 1 is 1.64 bits per heavy atom. The summed E-state index contributed by atoms with van der Waals surface area (Å²) >= 11 is 3.64. The summed E-state index contributed by atoms with van der Waals surface area (Å²) in [6, 6.07) is 0.257. The summed E-state index contributed by atoms with van der Waals surface area (Å²) in [5.74, 6) is 2.26. The number of nitrogens with two attached hydrogens (primary N) is 1. The molecule has 0 aliphatic heterocycles. The molecule has 80 valence electrons. The third-order valence-corrected chi connectivity index (χ3v) is 4.00. The first-order valence-electron chi connectivity index (χ1n) is 4.96. The van der Waals surface area contributed by atoms with Gasteiger partial charge in [-0.05, 0) is 19.1 Å². The highest BCUT2D eigenvalue weighted by Gasteiger charge is 2.06. The van der Waals surface area contributed by atoms with Gasteiger partial charge < -0.3 is 5.73 Å². The first-order valence-corrected chi connectivity index (χ1v) is 7.00. The second kappa shape index (κ2) is 6.43. The van der Waals surface area contributed by atoms with Gasteiger partial charge in [-0.3, -0.25) is 0 Å². The number of aromatic nitrogens is 1. The summed E-state index contributed by atoms with van der Waals surface area (Å²) in [6.07, 6.45) is 2.15. The van der Waals surface area contributed by atoms with Crippen molar-refractivity contribution in [1.29, 1.82) is 0 Å². The van der Waals surface area contributed by atoms with Gasteiger partial charge in [-0.15, -0.1) is 11.3 Å². The lowest BCUT2D eigenvalue weighted by atomic mass is 10.2. The van der Waals surface area contributed by atoms with Gasteiger partial charge in [-0.1, -0.05) is 6.92 Å². The first kappa shape index (κ1) is 12.0. The number of hydrogen-bond acceptors (Lipinski definition) is 4. The maximum Gasteiger partial charge on any atom is 0.0897 e. The lowest BCUT2D eigenvalue weighted by Crippen LogP contribution is -2.25. The Labute approximate surface area is 94.3 Å². The van der Waals surface area contributed by atoms with Crippen molar-refractivity contribution >= 4 is 23.1 Å². The number of thiazole rings is 1. The molecule has 0 aromatic carbocycles. The average molecular weight is 230 g/mol. The molecule has 0 radical (unpaired) electrons. The number of nitrogens with zero attached hydrogens (tertiary/aromatic N) is 1. The van der Waals surface area contributed by atoms with Crippen LogP contribution in [0.4, 0.5) is 0 Å². The van der Waals surface area contributed by atoms with E-state index in [9.17, 15) is 0 Å². The van der Waals surface area contributed by atoms with Gasteiger partial charge in [0.2, 0.25) is 0 Å². The normalized spacial score (nSPS) is 13.1. The Morgan fingerprint density at radius 2 is 2.43 bits per heavy atom. The molecule has 0 fully saturated rings. The van der Waals surface area contributed by atoms with Crippen LogP contribution in [-0.2, 0) is 6.42 Å². The third kappa shape index (κ3) is 4.44. The van der Waals surface area contributed by atoms with Crippen LogP contribution < -0.4 is 5.73 Å². The zero-order chi connectivity index (χ0) is 10.4. The Morgan fingerprint density at radius 3 is 3.00 bits per heavy atom. The minimum atomic E-state index is 0.257. The predicted molar refractivity (Wildman–Crippen MR) is 66.1 cm³/mol. The van der Waals surface area contributed by atoms with E-state index in [1.54, 1.807) is 11.3 Å². The fraction of sp³-hybridized carbons (Fsp3) is 0.700. The molecule has 0 aliphatic rings. The van der Waals surface area contributed by atoms with E-state index in [4.69, 9.17) is 5.73 Å². The van der Waals surface area contributed by atoms with E-state index >= 15 is 0 Å².